The fraction of sp³-hybridized carbons (Fsp3) is 0.967. The maximum absolute atomic E-state index is 13.4. The van der Waals surface area contributed by atoms with Crippen molar-refractivity contribution in [2.45, 2.75) is 317 Å². The molecule has 1 saturated carbocycles. The lowest BCUT2D eigenvalue weighted by Gasteiger charge is -2.23. The van der Waals surface area contributed by atoms with E-state index in [1.54, 1.807) is 0 Å². The third kappa shape index (κ3) is 41.2. The van der Waals surface area contributed by atoms with Crippen molar-refractivity contribution in [2.75, 3.05) is 52.4 Å². The molecular weight excluding hydrogens is 823 g/mol. The summed E-state index contributed by atoms with van der Waals surface area (Å²) in [6.07, 6.45) is 56.8. The van der Waals surface area contributed by atoms with Gasteiger partial charge in [-0.15, -0.1) is 0 Å². The molecule has 1 N–H and O–H groups in total. The molecule has 1 fully saturated rings. The predicted octanol–water partition coefficient (Wildman–Crippen LogP) is 17.8. The van der Waals surface area contributed by atoms with Gasteiger partial charge in [0.25, 0.3) is 0 Å². The fourth-order valence-corrected chi connectivity index (χ4v) is 10.5. The molecule has 398 valence electrons. The summed E-state index contributed by atoms with van der Waals surface area (Å²) in [7, 11) is 0. The summed E-state index contributed by atoms with van der Waals surface area (Å²) in [6.45, 7) is 16.9. The summed E-state index contributed by atoms with van der Waals surface area (Å²) in [4.78, 5) is 34.1. The summed E-state index contributed by atoms with van der Waals surface area (Å²) in [5, 5.41) is 9.75. The first kappa shape index (κ1) is 63.9. The van der Waals surface area contributed by atoms with Crippen LogP contribution < -0.4 is 0 Å². The van der Waals surface area contributed by atoms with Gasteiger partial charge < -0.3 is 19.8 Å². The van der Waals surface area contributed by atoms with E-state index in [4.69, 9.17) is 0 Å². The molecule has 6 nitrogen and oxygen atoms in total. The van der Waals surface area contributed by atoms with Crippen LogP contribution in [-0.2, 0) is 9.59 Å². The van der Waals surface area contributed by atoms with Crippen molar-refractivity contribution in [1.29, 1.82) is 0 Å². The molecule has 0 unspecified atom stereocenters. The minimum atomic E-state index is 0.349. The minimum Gasteiger partial charge on any atom is -0.396 e. The van der Waals surface area contributed by atoms with Crippen LogP contribution in [0.3, 0.4) is 0 Å². The first-order valence-corrected chi connectivity index (χ1v) is 30.9. The van der Waals surface area contributed by atoms with Crippen molar-refractivity contribution in [2.24, 2.45) is 11.8 Å². The molecule has 1 aliphatic carbocycles. The molecule has 0 saturated heterocycles. The summed E-state index contributed by atoms with van der Waals surface area (Å²) >= 11 is 0. The van der Waals surface area contributed by atoms with Crippen LogP contribution >= 0.6 is 0 Å². The van der Waals surface area contributed by atoms with Gasteiger partial charge in [0.1, 0.15) is 0 Å². The molecule has 1 aliphatic rings. The summed E-state index contributed by atoms with van der Waals surface area (Å²) in [5.41, 5.74) is 0. The Bertz CT molecular complexity index is 929. The van der Waals surface area contributed by atoms with Crippen LogP contribution in [0.1, 0.15) is 317 Å². The van der Waals surface area contributed by atoms with Gasteiger partial charge in [-0.25, -0.2) is 0 Å². The number of aliphatic hydroxyl groups excluding tert-OH is 1. The number of aliphatic hydroxyl groups is 1. The van der Waals surface area contributed by atoms with Crippen molar-refractivity contribution in [3.8, 4) is 0 Å². The Hall–Kier alpha value is -1.14. The Labute approximate surface area is 420 Å². The molecule has 0 aromatic rings. The van der Waals surface area contributed by atoms with Crippen molar-refractivity contribution in [3.05, 3.63) is 0 Å². The maximum atomic E-state index is 13.4. The zero-order valence-corrected chi connectivity index (χ0v) is 46.2. The van der Waals surface area contributed by atoms with Crippen molar-refractivity contribution in [3.63, 3.8) is 0 Å². The fourth-order valence-electron chi connectivity index (χ4n) is 10.5. The van der Waals surface area contributed by atoms with E-state index in [9.17, 15) is 14.7 Å². The number of carbonyl (C=O) groups excluding carboxylic acids is 2. The number of rotatable bonds is 55. The quantitative estimate of drug-likeness (QED) is 0.0617. The van der Waals surface area contributed by atoms with E-state index in [0.717, 1.165) is 58.4 Å². The number of unbranched alkanes of at least 4 members (excludes halogenated alkanes) is 36. The monoisotopic (exact) mass is 944 g/mol. The first-order valence-electron chi connectivity index (χ1n) is 30.9. The van der Waals surface area contributed by atoms with Crippen LogP contribution in [0.4, 0.5) is 0 Å². The lowest BCUT2D eigenvalue weighted by atomic mass is 10.1. The Morgan fingerprint density at radius 3 is 0.821 bits per heavy atom. The molecule has 0 heterocycles. The standard InChI is InChI=1S/C61H121N3O3/c1-5-9-13-17-21-25-35-43-51-63(52-44-36-26-22-18-14-10-6-2)60(66)47-39-31-29-33-41-49-62(56-58-55-59(58)57-65)50-42-34-30-32-40-48-61(67)64(53-45-37-27-23-19-15-11-7-3)54-46-38-28-24-20-16-12-8-4/h58-59,65H,5-57H2,1-4H3/t58-,59+/m0/s1. The van der Waals surface area contributed by atoms with E-state index in [2.05, 4.69) is 42.4 Å². The van der Waals surface area contributed by atoms with Crippen LogP contribution in [-0.4, -0.2) is 84.0 Å². The van der Waals surface area contributed by atoms with Gasteiger partial charge >= 0.3 is 0 Å². The van der Waals surface area contributed by atoms with Crippen molar-refractivity contribution < 1.29 is 14.7 Å². The van der Waals surface area contributed by atoms with E-state index >= 15 is 0 Å². The zero-order valence-electron chi connectivity index (χ0n) is 46.2. The second-order valence-electron chi connectivity index (χ2n) is 21.9. The summed E-state index contributed by atoms with van der Waals surface area (Å²) < 4.78 is 0. The largest absolute Gasteiger partial charge is 0.396 e. The number of nitrogens with zero attached hydrogens (tertiary/aromatic N) is 3. The van der Waals surface area contributed by atoms with Crippen LogP contribution in [0.5, 0.6) is 0 Å². The van der Waals surface area contributed by atoms with E-state index in [0.29, 0.717) is 30.3 Å². The smallest absolute Gasteiger partial charge is 0.222 e. The van der Waals surface area contributed by atoms with Crippen LogP contribution in [0.25, 0.3) is 0 Å². The van der Waals surface area contributed by atoms with Crippen molar-refractivity contribution >= 4 is 11.8 Å². The topological polar surface area (TPSA) is 64.1 Å². The minimum absolute atomic E-state index is 0.349. The molecule has 0 spiro atoms. The highest BCUT2D eigenvalue weighted by molar-refractivity contribution is 5.76. The van der Waals surface area contributed by atoms with Gasteiger partial charge in [0.15, 0.2) is 0 Å². The second kappa shape index (κ2) is 49.8. The SMILES string of the molecule is CCCCCCCCCCN(CCCCCCCCCC)C(=O)CCCCCCCN(CCCCCCCC(=O)N(CCCCCCCCCC)CCCCCCCCCC)C[C@@H]1C[C@@H]1CO. The highest BCUT2D eigenvalue weighted by atomic mass is 16.3. The van der Waals surface area contributed by atoms with Gasteiger partial charge in [-0.05, 0) is 82.7 Å². The molecule has 0 aromatic heterocycles. The first-order chi connectivity index (χ1) is 33.0. The van der Waals surface area contributed by atoms with Gasteiger partial charge in [0, 0.05) is 52.2 Å². The number of carbonyl (C=O) groups is 2. The maximum Gasteiger partial charge on any atom is 0.222 e. The third-order valence-electron chi connectivity index (χ3n) is 15.4. The van der Waals surface area contributed by atoms with Gasteiger partial charge in [0.05, 0.1) is 0 Å². The molecule has 2 amide bonds. The molecule has 1 rings (SSSR count). The summed E-state index contributed by atoms with van der Waals surface area (Å²) in [5.74, 6) is 2.03. The molecule has 0 radical (unpaired) electrons. The lowest BCUT2D eigenvalue weighted by Crippen LogP contribution is -2.32. The highest BCUT2D eigenvalue weighted by Crippen LogP contribution is 2.38. The molecule has 0 bridgehead atoms. The molecule has 2 atom stereocenters. The Kier molecular flexibility index (Phi) is 47.5. The number of amides is 2. The average molecular weight is 945 g/mol. The summed E-state index contributed by atoms with van der Waals surface area (Å²) in [6, 6.07) is 0. The zero-order chi connectivity index (χ0) is 48.5. The van der Waals surface area contributed by atoms with E-state index < -0.39 is 0 Å². The number of hydrogen-bond donors (Lipinski definition) is 1. The van der Waals surface area contributed by atoms with E-state index in [-0.39, 0.29) is 0 Å². The van der Waals surface area contributed by atoms with E-state index in [1.165, 1.54) is 276 Å². The Morgan fingerprint density at radius 1 is 0.328 bits per heavy atom. The predicted molar refractivity (Wildman–Crippen MR) is 294 cm³/mol. The number of hydrogen-bond acceptors (Lipinski definition) is 4. The normalized spacial score (nSPS) is 14.7. The average Bonchev–Trinajstić information content (AvgIpc) is 4.10. The van der Waals surface area contributed by atoms with Crippen LogP contribution in [0.15, 0.2) is 0 Å². The molecular formula is C61H121N3O3. The highest BCUT2D eigenvalue weighted by Gasteiger charge is 2.37. The third-order valence-corrected chi connectivity index (χ3v) is 15.4. The van der Waals surface area contributed by atoms with Crippen molar-refractivity contribution in [1.82, 2.24) is 14.7 Å². The van der Waals surface area contributed by atoms with Crippen LogP contribution in [0.2, 0.25) is 0 Å². The van der Waals surface area contributed by atoms with E-state index in [1.807, 2.05) is 0 Å². The van der Waals surface area contributed by atoms with Gasteiger partial charge in [-0.3, -0.25) is 9.59 Å². The molecule has 6 heteroatoms. The molecule has 67 heavy (non-hydrogen) atoms. The Morgan fingerprint density at radius 2 is 0.567 bits per heavy atom. The van der Waals surface area contributed by atoms with Gasteiger partial charge in [0.2, 0.25) is 11.8 Å². The Balaban J connectivity index is 2.39. The van der Waals surface area contributed by atoms with Crippen LogP contribution in [0, 0.1) is 11.8 Å². The molecule has 0 aromatic carbocycles. The molecule has 0 aliphatic heterocycles. The van der Waals surface area contributed by atoms with Gasteiger partial charge in [-0.2, -0.15) is 0 Å². The van der Waals surface area contributed by atoms with Gasteiger partial charge in [-0.1, -0.05) is 246 Å². The second-order valence-corrected chi connectivity index (χ2v) is 21.9. The lowest BCUT2D eigenvalue weighted by molar-refractivity contribution is -0.132.